The van der Waals surface area contributed by atoms with Crippen LogP contribution in [0.2, 0.25) is 0 Å². The predicted octanol–water partition coefficient (Wildman–Crippen LogP) is 3.78. The van der Waals surface area contributed by atoms with Crippen molar-refractivity contribution in [2.45, 2.75) is 38.8 Å². The van der Waals surface area contributed by atoms with Crippen molar-refractivity contribution < 1.29 is 14.6 Å². The van der Waals surface area contributed by atoms with E-state index in [1.54, 1.807) is 7.11 Å². The monoisotopic (exact) mass is 379 g/mol. The van der Waals surface area contributed by atoms with Gasteiger partial charge in [-0.15, -0.1) is 12.4 Å². The molecule has 26 heavy (non-hydrogen) atoms. The Labute approximate surface area is 162 Å². The predicted molar refractivity (Wildman–Crippen MR) is 109 cm³/mol. The molecule has 2 aromatic rings. The number of hydrogen-bond donors (Lipinski definition) is 2. The SMILES string of the molecule is COc1ccc(CC(C)(C)NCC(O)COc2ccccc2C)cc1.Cl. The van der Waals surface area contributed by atoms with E-state index in [2.05, 4.69) is 31.3 Å². The summed E-state index contributed by atoms with van der Waals surface area (Å²) >= 11 is 0. The fraction of sp³-hybridized carbons (Fsp3) is 0.429. The van der Waals surface area contributed by atoms with Crippen LogP contribution < -0.4 is 14.8 Å². The first-order chi connectivity index (χ1) is 11.9. The molecule has 4 nitrogen and oxygen atoms in total. The standard InChI is InChI=1S/C21H29NO3.ClH/c1-16-7-5-6-8-20(16)25-15-18(23)14-22-21(2,3)13-17-9-11-19(24-4)12-10-17;/h5-12,18,22-23H,13-15H2,1-4H3;1H. The first-order valence-electron chi connectivity index (χ1n) is 8.64. The van der Waals surface area contributed by atoms with E-state index in [0.717, 1.165) is 23.5 Å². The van der Waals surface area contributed by atoms with Gasteiger partial charge in [0.25, 0.3) is 0 Å². The zero-order chi connectivity index (χ0) is 18.3. The molecule has 0 aliphatic heterocycles. The highest BCUT2D eigenvalue weighted by molar-refractivity contribution is 5.85. The number of rotatable bonds is 9. The van der Waals surface area contributed by atoms with E-state index in [1.807, 2.05) is 43.3 Å². The molecule has 0 aliphatic rings. The summed E-state index contributed by atoms with van der Waals surface area (Å²) in [5, 5.41) is 13.6. The molecular formula is C21H30ClNO3. The van der Waals surface area contributed by atoms with E-state index in [-0.39, 0.29) is 24.6 Å². The first kappa shape index (κ1) is 22.3. The van der Waals surface area contributed by atoms with Crippen LogP contribution in [-0.4, -0.2) is 37.0 Å². The Morgan fingerprint density at radius 2 is 1.73 bits per heavy atom. The molecule has 2 rings (SSSR count). The van der Waals surface area contributed by atoms with Crippen LogP contribution in [0, 0.1) is 6.92 Å². The molecule has 2 N–H and O–H groups in total. The van der Waals surface area contributed by atoms with E-state index in [4.69, 9.17) is 9.47 Å². The van der Waals surface area contributed by atoms with Crippen molar-refractivity contribution in [2.24, 2.45) is 0 Å². The van der Waals surface area contributed by atoms with E-state index >= 15 is 0 Å². The number of para-hydroxylation sites is 1. The summed E-state index contributed by atoms with van der Waals surface area (Å²) in [7, 11) is 1.67. The van der Waals surface area contributed by atoms with E-state index in [0.29, 0.717) is 6.54 Å². The van der Waals surface area contributed by atoms with Crippen molar-refractivity contribution in [2.75, 3.05) is 20.3 Å². The molecular weight excluding hydrogens is 350 g/mol. The smallest absolute Gasteiger partial charge is 0.122 e. The molecule has 5 heteroatoms. The zero-order valence-electron chi connectivity index (χ0n) is 16.0. The fourth-order valence-electron chi connectivity index (χ4n) is 2.67. The number of aliphatic hydroxyl groups excluding tert-OH is 1. The number of hydrogen-bond acceptors (Lipinski definition) is 4. The third-order valence-electron chi connectivity index (χ3n) is 4.15. The van der Waals surface area contributed by atoms with Gasteiger partial charge in [0.1, 0.15) is 24.2 Å². The van der Waals surface area contributed by atoms with Crippen molar-refractivity contribution >= 4 is 12.4 Å². The maximum atomic E-state index is 10.2. The van der Waals surface area contributed by atoms with E-state index in [9.17, 15) is 5.11 Å². The van der Waals surface area contributed by atoms with Crippen LogP contribution >= 0.6 is 12.4 Å². The highest BCUT2D eigenvalue weighted by Crippen LogP contribution is 2.18. The Morgan fingerprint density at radius 3 is 2.35 bits per heavy atom. The lowest BCUT2D eigenvalue weighted by molar-refractivity contribution is 0.0985. The molecule has 144 valence electrons. The second kappa shape index (κ2) is 10.4. The molecule has 0 fully saturated rings. The molecule has 0 amide bonds. The minimum absolute atomic E-state index is 0. The minimum Gasteiger partial charge on any atom is -0.497 e. The van der Waals surface area contributed by atoms with Gasteiger partial charge in [-0.3, -0.25) is 0 Å². The largest absolute Gasteiger partial charge is 0.497 e. The lowest BCUT2D eigenvalue weighted by Crippen LogP contribution is -2.46. The highest BCUT2D eigenvalue weighted by atomic mass is 35.5. The van der Waals surface area contributed by atoms with Crippen LogP contribution in [0.15, 0.2) is 48.5 Å². The van der Waals surface area contributed by atoms with Crippen molar-refractivity contribution in [3.63, 3.8) is 0 Å². The van der Waals surface area contributed by atoms with Gasteiger partial charge in [0.15, 0.2) is 0 Å². The number of benzene rings is 2. The van der Waals surface area contributed by atoms with Gasteiger partial charge in [0.2, 0.25) is 0 Å². The van der Waals surface area contributed by atoms with Crippen molar-refractivity contribution in [3.8, 4) is 11.5 Å². The summed E-state index contributed by atoms with van der Waals surface area (Å²) in [6.45, 7) is 7.02. The molecule has 0 bridgehead atoms. The molecule has 0 saturated carbocycles. The Hall–Kier alpha value is -1.75. The van der Waals surface area contributed by atoms with E-state index in [1.165, 1.54) is 5.56 Å². The van der Waals surface area contributed by atoms with Gasteiger partial charge in [-0.1, -0.05) is 30.3 Å². The third kappa shape index (κ3) is 7.24. The molecule has 1 atom stereocenters. The number of methoxy groups -OCH3 is 1. The maximum Gasteiger partial charge on any atom is 0.122 e. The molecule has 2 aromatic carbocycles. The highest BCUT2D eigenvalue weighted by Gasteiger charge is 2.19. The Kier molecular flexibility index (Phi) is 8.93. The molecule has 0 heterocycles. The number of nitrogens with one attached hydrogen (secondary N) is 1. The quantitative estimate of drug-likeness (QED) is 0.696. The van der Waals surface area contributed by atoms with Crippen LogP contribution in [0.5, 0.6) is 11.5 Å². The molecule has 0 aromatic heterocycles. The minimum atomic E-state index is -0.560. The summed E-state index contributed by atoms with van der Waals surface area (Å²) in [4.78, 5) is 0. The summed E-state index contributed by atoms with van der Waals surface area (Å²) in [6, 6.07) is 15.9. The number of β-amino-alcohol motifs (C(OH)–C–C–N with tert-alkyl or cyclic N) is 1. The third-order valence-corrected chi connectivity index (χ3v) is 4.15. The van der Waals surface area contributed by atoms with Gasteiger partial charge >= 0.3 is 0 Å². The fourth-order valence-corrected chi connectivity index (χ4v) is 2.67. The van der Waals surface area contributed by atoms with Crippen molar-refractivity contribution in [3.05, 3.63) is 59.7 Å². The van der Waals surface area contributed by atoms with Crippen LogP contribution in [0.25, 0.3) is 0 Å². The Bertz CT molecular complexity index is 659. The average molecular weight is 380 g/mol. The second-order valence-electron chi connectivity index (χ2n) is 7.02. The second-order valence-corrected chi connectivity index (χ2v) is 7.02. The maximum absolute atomic E-state index is 10.2. The van der Waals surface area contributed by atoms with Gasteiger partial charge < -0.3 is 19.9 Å². The average Bonchev–Trinajstić information content (AvgIpc) is 2.60. The van der Waals surface area contributed by atoms with Crippen LogP contribution in [-0.2, 0) is 6.42 Å². The van der Waals surface area contributed by atoms with Crippen LogP contribution in [0.1, 0.15) is 25.0 Å². The summed E-state index contributed by atoms with van der Waals surface area (Å²) in [5.74, 6) is 1.68. The van der Waals surface area contributed by atoms with Gasteiger partial charge in [0, 0.05) is 12.1 Å². The van der Waals surface area contributed by atoms with Gasteiger partial charge in [-0.05, 0) is 56.5 Å². The van der Waals surface area contributed by atoms with Gasteiger partial charge in [-0.25, -0.2) is 0 Å². The molecule has 0 radical (unpaired) electrons. The summed E-state index contributed by atoms with van der Waals surface area (Å²) < 4.78 is 10.9. The van der Waals surface area contributed by atoms with Gasteiger partial charge in [0.05, 0.1) is 7.11 Å². The van der Waals surface area contributed by atoms with Crippen LogP contribution in [0.3, 0.4) is 0 Å². The number of ether oxygens (including phenoxy) is 2. The topological polar surface area (TPSA) is 50.7 Å². The molecule has 0 spiro atoms. The number of halogens is 1. The lowest BCUT2D eigenvalue weighted by atomic mass is 9.94. The Morgan fingerprint density at radius 1 is 1.08 bits per heavy atom. The van der Waals surface area contributed by atoms with Gasteiger partial charge in [-0.2, -0.15) is 0 Å². The Balaban J connectivity index is 0.00000338. The molecule has 0 aliphatic carbocycles. The van der Waals surface area contributed by atoms with Crippen LogP contribution in [0.4, 0.5) is 0 Å². The molecule has 0 saturated heterocycles. The zero-order valence-corrected chi connectivity index (χ0v) is 16.8. The van der Waals surface area contributed by atoms with Crippen molar-refractivity contribution in [1.29, 1.82) is 0 Å². The number of aryl methyl sites for hydroxylation is 1. The lowest BCUT2D eigenvalue weighted by Gasteiger charge is -2.28. The number of aliphatic hydroxyl groups is 1. The first-order valence-corrected chi connectivity index (χ1v) is 8.64. The summed E-state index contributed by atoms with van der Waals surface area (Å²) in [5.41, 5.74) is 2.17. The van der Waals surface area contributed by atoms with Crippen molar-refractivity contribution in [1.82, 2.24) is 5.32 Å². The van der Waals surface area contributed by atoms with E-state index < -0.39 is 6.10 Å². The normalized spacial score (nSPS) is 12.2. The molecule has 1 unspecified atom stereocenters. The summed E-state index contributed by atoms with van der Waals surface area (Å²) in [6.07, 6.45) is 0.303.